The minimum Gasteiger partial charge on any atom is -0.465 e. The molecular formula is C25H32O5. The van der Waals surface area contributed by atoms with Gasteiger partial charge < -0.3 is 13.9 Å². The summed E-state index contributed by atoms with van der Waals surface area (Å²) in [6, 6.07) is 13.5. The van der Waals surface area contributed by atoms with E-state index in [4.69, 9.17) is 13.9 Å². The van der Waals surface area contributed by atoms with E-state index in [2.05, 4.69) is 0 Å². The van der Waals surface area contributed by atoms with Gasteiger partial charge >= 0.3 is 11.9 Å². The molecule has 1 aromatic carbocycles. The van der Waals surface area contributed by atoms with Crippen LogP contribution in [0.5, 0.6) is 0 Å². The van der Waals surface area contributed by atoms with E-state index >= 15 is 0 Å². The maximum absolute atomic E-state index is 12.4. The molecule has 1 aliphatic rings. The third-order valence-corrected chi connectivity index (χ3v) is 5.38. The molecule has 0 N–H and O–H groups in total. The van der Waals surface area contributed by atoms with Crippen LogP contribution in [0.3, 0.4) is 0 Å². The van der Waals surface area contributed by atoms with Crippen LogP contribution in [0.2, 0.25) is 0 Å². The lowest BCUT2D eigenvalue weighted by molar-refractivity contribution is -0.155. The molecule has 0 aliphatic heterocycles. The minimum atomic E-state index is -0.506. The Hall–Kier alpha value is -2.56. The van der Waals surface area contributed by atoms with E-state index in [0.717, 1.165) is 29.9 Å². The lowest BCUT2D eigenvalue weighted by Crippen LogP contribution is -2.26. The zero-order valence-electron chi connectivity index (χ0n) is 18.6. The summed E-state index contributed by atoms with van der Waals surface area (Å²) in [6.07, 6.45) is 2.33. The molecule has 3 rings (SSSR count). The quantitative estimate of drug-likeness (QED) is 0.539. The highest BCUT2D eigenvalue weighted by Crippen LogP contribution is 2.52. The summed E-state index contributed by atoms with van der Waals surface area (Å²) < 4.78 is 17.1. The second-order valence-corrected chi connectivity index (χ2v) is 9.91. The SMILES string of the molecule is CC(C)(C)OC(=O)CC1(c2ccc(C(C)(C)CC(=O)OCc3ccccc3)o2)CC1. The van der Waals surface area contributed by atoms with Crippen LogP contribution in [-0.2, 0) is 36.5 Å². The van der Waals surface area contributed by atoms with Crippen molar-refractivity contribution in [1.82, 2.24) is 0 Å². The number of ether oxygens (including phenoxy) is 2. The molecule has 30 heavy (non-hydrogen) atoms. The first-order chi connectivity index (χ1) is 14.0. The molecule has 0 saturated heterocycles. The van der Waals surface area contributed by atoms with Gasteiger partial charge in [-0.2, -0.15) is 0 Å². The van der Waals surface area contributed by atoms with Gasteiger partial charge in [0.25, 0.3) is 0 Å². The van der Waals surface area contributed by atoms with E-state index in [1.165, 1.54) is 0 Å². The second kappa shape index (κ2) is 8.29. The predicted octanol–water partition coefficient (Wildman–Crippen LogP) is 5.45. The number of carbonyl (C=O) groups excluding carboxylic acids is 2. The van der Waals surface area contributed by atoms with Crippen molar-refractivity contribution in [2.24, 2.45) is 0 Å². The van der Waals surface area contributed by atoms with Gasteiger partial charge in [-0.15, -0.1) is 0 Å². The van der Waals surface area contributed by atoms with Crippen LogP contribution in [0.1, 0.15) is 77.4 Å². The molecule has 0 atom stereocenters. The Labute approximate surface area is 178 Å². The van der Waals surface area contributed by atoms with Crippen LogP contribution >= 0.6 is 0 Å². The Bertz CT molecular complexity index is 882. The molecule has 2 aromatic rings. The molecular weight excluding hydrogens is 380 g/mol. The van der Waals surface area contributed by atoms with Crippen molar-refractivity contribution < 1.29 is 23.5 Å². The van der Waals surface area contributed by atoms with Crippen molar-refractivity contribution >= 4 is 11.9 Å². The standard InChI is InChI=1S/C25H32O5/c1-23(2,3)30-22(27)16-25(13-14-25)20-12-11-19(29-20)24(4,5)15-21(26)28-17-18-9-7-6-8-10-18/h6-12H,13-17H2,1-5H3. The molecule has 1 saturated carbocycles. The fourth-order valence-corrected chi connectivity index (χ4v) is 3.54. The zero-order chi connectivity index (χ0) is 22.0. The van der Waals surface area contributed by atoms with Gasteiger partial charge in [0.2, 0.25) is 0 Å². The normalized spacial score (nSPS) is 15.5. The van der Waals surface area contributed by atoms with E-state index in [-0.39, 0.29) is 30.4 Å². The minimum absolute atomic E-state index is 0.207. The Morgan fingerprint density at radius 1 is 0.967 bits per heavy atom. The van der Waals surface area contributed by atoms with Crippen molar-refractivity contribution in [2.75, 3.05) is 0 Å². The predicted molar refractivity (Wildman–Crippen MR) is 114 cm³/mol. The van der Waals surface area contributed by atoms with Crippen LogP contribution in [0.25, 0.3) is 0 Å². The van der Waals surface area contributed by atoms with Gasteiger partial charge in [0, 0.05) is 10.8 Å². The van der Waals surface area contributed by atoms with Crippen molar-refractivity contribution in [3.8, 4) is 0 Å². The highest BCUT2D eigenvalue weighted by Gasteiger charge is 2.50. The lowest BCUT2D eigenvalue weighted by atomic mass is 9.86. The molecule has 5 heteroatoms. The molecule has 1 heterocycles. The Balaban J connectivity index is 1.60. The summed E-state index contributed by atoms with van der Waals surface area (Å²) in [5, 5.41) is 0. The van der Waals surface area contributed by atoms with Gasteiger partial charge in [-0.05, 0) is 51.3 Å². The zero-order valence-corrected chi connectivity index (χ0v) is 18.6. The molecule has 0 unspecified atom stereocenters. The molecule has 1 aromatic heterocycles. The van der Waals surface area contributed by atoms with Crippen LogP contribution in [0.15, 0.2) is 46.9 Å². The largest absolute Gasteiger partial charge is 0.465 e. The summed E-state index contributed by atoms with van der Waals surface area (Å²) in [6.45, 7) is 9.80. The van der Waals surface area contributed by atoms with Crippen LogP contribution in [0, 0.1) is 0 Å². The summed E-state index contributed by atoms with van der Waals surface area (Å²) in [4.78, 5) is 24.7. The third-order valence-electron chi connectivity index (χ3n) is 5.38. The summed E-state index contributed by atoms with van der Waals surface area (Å²) >= 11 is 0. The molecule has 162 valence electrons. The molecule has 5 nitrogen and oxygen atoms in total. The summed E-state index contributed by atoms with van der Waals surface area (Å²) in [5.41, 5.74) is -0.316. The highest BCUT2D eigenvalue weighted by molar-refractivity contribution is 5.73. The maximum Gasteiger partial charge on any atom is 0.307 e. The molecule has 0 spiro atoms. The van der Waals surface area contributed by atoms with Crippen molar-refractivity contribution in [1.29, 1.82) is 0 Å². The first kappa shape index (κ1) is 22.1. The van der Waals surface area contributed by atoms with Gasteiger partial charge in [-0.1, -0.05) is 44.2 Å². The average Bonchev–Trinajstić information content (AvgIpc) is 3.22. The molecule has 1 fully saturated rings. The van der Waals surface area contributed by atoms with Crippen LogP contribution < -0.4 is 0 Å². The molecule has 1 aliphatic carbocycles. The number of carbonyl (C=O) groups is 2. The number of furan rings is 1. The number of benzene rings is 1. The van der Waals surface area contributed by atoms with Gasteiger partial charge in [0.05, 0.1) is 12.8 Å². The molecule has 0 amide bonds. The van der Waals surface area contributed by atoms with Crippen LogP contribution in [-0.4, -0.2) is 17.5 Å². The van der Waals surface area contributed by atoms with E-state index in [1.54, 1.807) is 0 Å². The van der Waals surface area contributed by atoms with Crippen molar-refractivity contribution in [3.63, 3.8) is 0 Å². The first-order valence-corrected chi connectivity index (χ1v) is 10.5. The van der Waals surface area contributed by atoms with E-state index < -0.39 is 11.0 Å². The van der Waals surface area contributed by atoms with E-state index in [9.17, 15) is 9.59 Å². The number of esters is 2. The van der Waals surface area contributed by atoms with Gasteiger partial charge in [0.15, 0.2) is 0 Å². The fraction of sp³-hybridized carbons (Fsp3) is 0.520. The second-order valence-electron chi connectivity index (χ2n) is 9.91. The topological polar surface area (TPSA) is 65.7 Å². The first-order valence-electron chi connectivity index (χ1n) is 10.5. The monoisotopic (exact) mass is 412 g/mol. The van der Waals surface area contributed by atoms with Crippen molar-refractivity contribution in [2.45, 2.75) is 83.3 Å². The number of rotatable bonds is 8. The Morgan fingerprint density at radius 3 is 2.23 bits per heavy atom. The lowest BCUT2D eigenvalue weighted by Gasteiger charge is -2.22. The van der Waals surface area contributed by atoms with Gasteiger partial charge in [-0.3, -0.25) is 9.59 Å². The summed E-state index contributed by atoms with van der Waals surface area (Å²) in [7, 11) is 0. The smallest absolute Gasteiger partial charge is 0.307 e. The van der Waals surface area contributed by atoms with Gasteiger partial charge in [-0.25, -0.2) is 0 Å². The highest BCUT2D eigenvalue weighted by atomic mass is 16.6. The summed E-state index contributed by atoms with van der Waals surface area (Å²) in [5.74, 6) is 1.05. The van der Waals surface area contributed by atoms with E-state index in [0.29, 0.717) is 6.42 Å². The number of hydrogen-bond acceptors (Lipinski definition) is 5. The van der Waals surface area contributed by atoms with Gasteiger partial charge in [0.1, 0.15) is 23.7 Å². The Kier molecular flexibility index (Phi) is 6.11. The number of hydrogen-bond donors (Lipinski definition) is 0. The average molecular weight is 413 g/mol. The molecule has 0 bridgehead atoms. The Morgan fingerprint density at radius 2 is 1.63 bits per heavy atom. The van der Waals surface area contributed by atoms with E-state index in [1.807, 2.05) is 77.1 Å². The fourth-order valence-electron chi connectivity index (χ4n) is 3.54. The third kappa shape index (κ3) is 5.74. The van der Waals surface area contributed by atoms with Crippen molar-refractivity contribution in [3.05, 3.63) is 59.5 Å². The molecule has 0 radical (unpaired) electrons. The van der Waals surface area contributed by atoms with Crippen LogP contribution in [0.4, 0.5) is 0 Å². The maximum atomic E-state index is 12.4.